The standard InChI is InChI=1S/C15H12F3NO4S/c1-3-23-15(22)11-12(21)7-4-8(16)9(17)5-10(7)19-14(11)24-13(18)6(2)20/h4-5,13H,3H2,1-2H3,(H,19,21). The van der Waals surface area contributed by atoms with Crippen LogP contribution >= 0.6 is 11.8 Å². The number of Topliss-reactive ketones (excluding diaryl/α,β-unsaturated/α-hetero) is 1. The van der Waals surface area contributed by atoms with Gasteiger partial charge in [-0.3, -0.25) is 9.59 Å². The lowest BCUT2D eigenvalue weighted by molar-refractivity contribution is -0.118. The number of nitrogens with one attached hydrogen (secondary N) is 1. The molecular weight excluding hydrogens is 347 g/mol. The van der Waals surface area contributed by atoms with Crippen LogP contribution in [0, 0.1) is 11.6 Å². The van der Waals surface area contributed by atoms with Gasteiger partial charge < -0.3 is 9.72 Å². The van der Waals surface area contributed by atoms with Gasteiger partial charge in [-0.25, -0.2) is 18.0 Å². The summed E-state index contributed by atoms with van der Waals surface area (Å²) in [4.78, 5) is 38.0. The molecule has 1 heterocycles. The molecule has 0 radical (unpaired) electrons. The number of esters is 1. The number of halogens is 3. The molecule has 0 fully saturated rings. The molecule has 128 valence electrons. The summed E-state index contributed by atoms with van der Waals surface area (Å²) >= 11 is 0.283. The van der Waals surface area contributed by atoms with Crippen molar-refractivity contribution in [3.05, 3.63) is 39.6 Å². The molecule has 24 heavy (non-hydrogen) atoms. The van der Waals surface area contributed by atoms with Crippen LogP contribution in [-0.2, 0) is 9.53 Å². The average molecular weight is 359 g/mol. The molecule has 0 saturated carbocycles. The van der Waals surface area contributed by atoms with Crippen molar-refractivity contribution in [3.8, 4) is 0 Å². The van der Waals surface area contributed by atoms with Gasteiger partial charge in [0, 0.05) is 11.5 Å². The Balaban J connectivity index is 2.74. The Morgan fingerprint density at radius 2 is 1.92 bits per heavy atom. The van der Waals surface area contributed by atoms with E-state index in [1.165, 1.54) is 6.92 Å². The first-order chi connectivity index (χ1) is 11.3. The molecular formula is C15H12F3NO4S. The van der Waals surface area contributed by atoms with E-state index in [0.717, 1.165) is 6.92 Å². The van der Waals surface area contributed by atoms with Gasteiger partial charge in [-0.1, -0.05) is 11.8 Å². The number of carbonyl (C=O) groups is 2. The molecule has 1 aromatic heterocycles. The number of H-pyrrole nitrogens is 1. The van der Waals surface area contributed by atoms with Gasteiger partial charge >= 0.3 is 5.97 Å². The molecule has 5 nitrogen and oxygen atoms in total. The van der Waals surface area contributed by atoms with Gasteiger partial charge in [0.15, 0.2) is 17.4 Å². The topological polar surface area (TPSA) is 76.2 Å². The lowest BCUT2D eigenvalue weighted by atomic mass is 10.1. The third kappa shape index (κ3) is 3.45. The minimum absolute atomic E-state index is 0.0516. The Kier molecular flexibility index (Phi) is 5.33. The number of carbonyl (C=O) groups excluding carboxylic acids is 2. The van der Waals surface area contributed by atoms with Crippen LogP contribution in [-0.4, -0.2) is 28.8 Å². The van der Waals surface area contributed by atoms with E-state index in [1.54, 1.807) is 0 Å². The van der Waals surface area contributed by atoms with Crippen LogP contribution in [0.25, 0.3) is 10.9 Å². The van der Waals surface area contributed by atoms with E-state index in [2.05, 4.69) is 4.98 Å². The minimum Gasteiger partial charge on any atom is -0.462 e. The number of fused-ring (bicyclic) bond motifs is 1. The van der Waals surface area contributed by atoms with E-state index < -0.39 is 39.9 Å². The Bertz CT molecular complexity index is 881. The number of hydrogen-bond donors (Lipinski definition) is 1. The molecule has 0 bridgehead atoms. The first-order valence-electron chi connectivity index (χ1n) is 6.79. The highest BCUT2D eigenvalue weighted by molar-refractivity contribution is 8.00. The highest BCUT2D eigenvalue weighted by atomic mass is 32.2. The summed E-state index contributed by atoms with van der Waals surface area (Å²) in [6.45, 7) is 2.45. The fourth-order valence-electron chi connectivity index (χ4n) is 1.92. The first-order valence-corrected chi connectivity index (χ1v) is 7.67. The highest BCUT2D eigenvalue weighted by Crippen LogP contribution is 2.28. The molecule has 1 atom stereocenters. The largest absolute Gasteiger partial charge is 0.462 e. The van der Waals surface area contributed by atoms with Crippen molar-refractivity contribution in [2.45, 2.75) is 24.4 Å². The van der Waals surface area contributed by atoms with Crippen molar-refractivity contribution in [1.29, 1.82) is 0 Å². The second-order valence-electron chi connectivity index (χ2n) is 4.74. The first kappa shape index (κ1) is 18.1. The minimum atomic E-state index is -2.04. The predicted molar refractivity (Wildman–Crippen MR) is 81.9 cm³/mol. The SMILES string of the molecule is CCOC(=O)c1c(SC(F)C(C)=O)[nH]c2cc(F)c(F)cc2c1=O. The Morgan fingerprint density at radius 3 is 2.50 bits per heavy atom. The molecule has 9 heteroatoms. The molecule has 0 spiro atoms. The number of rotatable bonds is 5. The van der Waals surface area contributed by atoms with E-state index in [4.69, 9.17) is 4.74 Å². The van der Waals surface area contributed by atoms with E-state index >= 15 is 0 Å². The molecule has 0 aliphatic heterocycles. The van der Waals surface area contributed by atoms with Crippen molar-refractivity contribution in [2.24, 2.45) is 0 Å². The normalized spacial score (nSPS) is 12.2. The lowest BCUT2D eigenvalue weighted by Gasteiger charge is -2.11. The van der Waals surface area contributed by atoms with E-state index in [-0.39, 0.29) is 34.3 Å². The Hall–Kier alpha value is -2.29. The molecule has 1 aromatic carbocycles. The van der Waals surface area contributed by atoms with Crippen molar-refractivity contribution < 1.29 is 27.5 Å². The van der Waals surface area contributed by atoms with Crippen molar-refractivity contribution in [2.75, 3.05) is 6.61 Å². The fraction of sp³-hybridized carbons (Fsp3) is 0.267. The number of aromatic amines is 1. The van der Waals surface area contributed by atoms with Crippen LogP contribution in [0.3, 0.4) is 0 Å². The summed E-state index contributed by atoms with van der Waals surface area (Å²) in [7, 11) is 0. The molecule has 1 unspecified atom stereocenters. The predicted octanol–water partition coefficient (Wildman–Crippen LogP) is 2.96. The van der Waals surface area contributed by atoms with Crippen molar-refractivity contribution in [1.82, 2.24) is 4.98 Å². The quantitative estimate of drug-likeness (QED) is 0.656. The number of benzene rings is 1. The zero-order chi connectivity index (χ0) is 18.0. The van der Waals surface area contributed by atoms with Crippen LogP contribution in [0.5, 0.6) is 0 Å². The number of ether oxygens (including phenoxy) is 1. The summed E-state index contributed by atoms with van der Waals surface area (Å²) in [6, 6.07) is 1.35. The monoisotopic (exact) mass is 359 g/mol. The van der Waals surface area contributed by atoms with Gasteiger partial charge in [-0.15, -0.1) is 0 Å². The summed E-state index contributed by atoms with van der Waals surface area (Å²) in [5, 5.41) is -0.584. The number of thioether (sulfide) groups is 1. The zero-order valence-electron chi connectivity index (χ0n) is 12.6. The van der Waals surface area contributed by atoms with Crippen molar-refractivity contribution in [3.63, 3.8) is 0 Å². The molecule has 0 amide bonds. The highest BCUT2D eigenvalue weighted by Gasteiger charge is 2.25. The smallest absolute Gasteiger partial charge is 0.344 e. The summed E-state index contributed by atoms with van der Waals surface area (Å²) in [5.41, 5.74) is -3.69. The molecule has 1 N–H and O–H groups in total. The average Bonchev–Trinajstić information content (AvgIpc) is 2.49. The molecule has 0 saturated heterocycles. The molecule has 0 aliphatic rings. The summed E-state index contributed by atoms with van der Waals surface area (Å²) < 4.78 is 45.2. The second-order valence-corrected chi connectivity index (χ2v) is 5.79. The van der Waals surface area contributed by atoms with Gasteiger partial charge in [0.1, 0.15) is 5.56 Å². The van der Waals surface area contributed by atoms with Gasteiger partial charge in [0.05, 0.1) is 17.1 Å². The van der Waals surface area contributed by atoms with Crippen LogP contribution in [0.1, 0.15) is 24.2 Å². The van der Waals surface area contributed by atoms with Crippen molar-refractivity contribution >= 4 is 34.4 Å². The number of ketones is 1. The number of pyridine rings is 1. The van der Waals surface area contributed by atoms with E-state index in [9.17, 15) is 27.6 Å². The van der Waals surface area contributed by atoms with E-state index in [1.807, 2.05) is 0 Å². The zero-order valence-corrected chi connectivity index (χ0v) is 13.4. The van der Waals surface area contributed by atoms with Gasteiger partial charge in [0.25, 0.3) is 0 Å². The Labute approximate surface area is 138 Å². The van der Waals surface area contributed by atoms with Gasteiger partial charge in [0.2, 0.25) is 10.9 Å². The van der Waals surface area contributed by atoms with Gasteiger partial charge in [-0.2, -0.15) is 0 Å². The van der Waals surface area contributed by atoms with Crippen LogP contribution in [0.15, 0.2) is 22.0 Å². The van der Waals surface area contributed by atoms with Crippen LogP contribution in [0.2, 0.25) is 0 Å². The summed E-state index contributed by atoms with van der Waals surface area (Å²) in [6.07, 6.45) is 0. The second kappa shape index (κ2) is 7.08. The molecule has 2 aromatic rings. The maximum absolute atomic E-state index is 13.7. The lowest BCUT2D eigenvalue weighted by Crippen LogP contribution is -2.21. The van der Waals surface area contributed by atoms with Crippen LogP contribution < -0.4 is 5.43 Å². The number of aromatic nitrogens is 1. The summed E-state index contributed by atoms with van der Waals surface area (Å²) in [5.74, 6) is -4.37. The third-order valence-corrected chi connectivity index (χ3v) is 4.11. The number of hydrogen-bond acceptors (Lipinski definition) is 5. The third-order valence-electron chi connectivity index (χ3n) is 3.03. The Morgan fingerprint density at radius 1 is 1.29 bits per heavy atom. The van der Waals surface area contributed by atoms with Crippen LogP contribution in [0.4, 0.5) is 13.2 Å². The number of alkyl halides is 1. The molecule has 0 aliphatic carbocycles. The van der Waals surface area contributed by atoms with E-state index in [0.29, 0.717) is 12.1 Å². The fourth-order valence-corrected chi connectivity index (χ4v) is 2.76. The maximum atomic E-state index is 13.7. The molecule has 2 rings (SSSR count). The maximum Gasteiger partial charge on any atom is 0.344 e. The van der Waals surface area contributed by atoms with Gasteiger partial charge in [-0.05, 0) is 19.9 Å².